The predicted molar refractivity (Wildman–Crippen MR) is 219 cm³/mol. The molecule has 11 aromatic rings. The summed E-state index contributed by atoms with van der Waals surface area (Å²) in [6, 6.07) is 60.5. The van der Waals surface area contributed by atoms with Gasteiger partial charge in [0.1, 0.15) is 22.3 Å². The normalized spacial score (nSPS) is 11.7. The predicted octanol–water partition coefficient (Wildman–Crippen LogP) is 13.2. The number of benzene rings is 8. The summed E-state index contributed by atoms with van der Waals surface area (Å²) >= 11 is 0. The van der Waals surface area contributed by atoms with Gasteiger partial charge in [0.25, 0.3) is 0 Å². The van der Waals surface area contributed by atoms with Gasteiger partial charge in [-0.3, -0.25) is 0 Å². The lowest BCUT2D eigenvalue weighted by molar-refractivity contribution is 0.669. The average Bonchev–Trinajstić information content (AvgIpc) is 3.82. The van der Waals surface area contributed by atoms with Gasteiger partial charge in [-0.05, 0) is 63.4 Å². The Balaban J connectivity index is 1.07. The van der Waals surface area contributed by atoms with Crippen LogP contribution in [-0.2, 0) is 0 Å². The van der Waals surface area contributed by atoms with Crippen molar-refractivity contribution in [2.45, 2.75) is 0 Å². The first-order valence-corrected chi connectivity index (χ1v) is 18.0. The number of hydrogen-bond acceptors (Lipinski definition) is 5. The summed E-state index contributed by atoms with van der Waals surface area (Å²) in [5, 5.41) is 6.54. The lowest BCUT2D eigenvalue weighted by atomic mass is 9.93. The van der Waals surface area contributed by atoms with E-state index in [1.807, 2.05) is 72.8 Å². The highest BCUT2D eigenvalue weighted by Crippen LogP contribution is 2.42. The topological polar surface area (TPSA) is 65.0 Å². The third-order valence-corrected chi connectivity index (χ3v) is 10.4. The maximum atomic E-state index is 6.71. The fraction of sp³-hybridized carbons (Fsp3) is 0. The van der Waals surface area contributed by atoms with Crippen LogP contribution in [0.3, 0.4) is 0 Å². The van der Waals surface area contributed by atoms with Crippen LogP contribution in [0.25, 0.3) is 111 Å². The summed E-state index contributed by atoms with van der Waals surface area (Å²) in [5.41, 5.74) is 10.4. The molecule has 54 heavy (non-hydrogen) atoms. The van der Waals surface area contributed by atoms with Gasteiger partial charge in [0.05, 0.1) is 5.56 Å². The summed E-state index contributed by atoms with van der Waals surface area (Å²) in [6.07, 6.45) is 0. The van der Waals surface area contributed by atoms with Crippen molar-refractivity contribution < 1.29 is 8.83 Å². The monoisotopic (exact) mass is 691 g/mol. The van der Waals surface area contributed by atoms with Crippen LogP contribution < -0.4 is 0 Å². The number of furan rings is 2. The third-order valence-electron chi connectivity index (χ3n) is 10.4. The lowest BCUT2D eigenvalue weighted by Crippen LogP contribution is -2.00. The van der Waals surface area contributed by atoms with Crippen LogP contribution in [0.1, 0.15) is 0 Å². The fourth-order valence-electron chi connectivity index (χ4n) is 7.76. The van der Waals surface area contributed by atoms with Crippen LogP contribution in [0, 0.1) is 0 Å². The molecular formula is C49H29N3O2. The number of rotatable bonds is 5. The Morgan fingerprint density at radius 3 is 1.69 bits per heavy atom. The Morgan fingerprint density at radius 2 is 0.889 bits per heavy atom. The van der Waals surface area contributed by atoms with E-state index in [0.717, 1.165) is 77.1 Å². The maximum absolute atomic E-state index is 6.71. The smallest absolute Gasteiger partial charge is 0.167 e. The van der Waals surface area contributed by atoms with Gasteiger partial charge in [-0.15, -0.1) is 0 Å². The van der Waals surface area contributed by atoms with Crippen molar-refractivity contribution in [1.29, 1.82) is 0 Å². The molecule has 0 N–H and O–H groups in total. The molecule has 0 spiro atoms. The minimum atomic E-state index is 0.544. The third kappa shape index (κ3) is 4.90. The van der Waals surface area contributed by atoms with Gasteiger partial charge in [0, 0.05) is 32.7 Å². The van der Waals surface area contributed by atoms with Gasteiger partial charge in [-0.2, -0.15) is 0 Å². The molecule has 0 saturated carbocycles. The molecule has 0 amide bonds. The van der Waals surface area contributed by atoms with Gasteiger partial charge >= 0.3 is 0 Å². The van der Waals surface area contributed by atoms with Gasteiger partial charge in [0.2, 0.25) is 0 Å². The number of aromatic nitrogens is 3. The van der Waals surface area contributed by atoms with Crippen molar-refractivity contribution in [1.82, 2.24) is 15.0 Å². The Kier molecular flexibility index (Phi) is 6.79. The molecule has 5 heteroatoms. The summed E-state index contributed by atoms with van der Waals surface area (Å²) < 4.78 is 13.1. The van der Waals surface area contributed by atoms with Crippen molar-refractivity contribution in [3.63, 3.8) is 0 Å². The van der Waals surface area contributed by atoms with Crippen LogP contribution >= 0.6 is 0 Å². The second-order valence-corrected chi connectivity index (χ2v) is 13.6. The minimum absolute atomic E-state index is 0.544. The molecule has 0 aliphatic heterocycles. The molecule has 3 heterocycles. The zero-order valence-electron chi connectivity index (χ0n) is 28.9. The molecule has 252 valence electrons. The second kappa shape index (κ2) is 12.1. The summed E-state index contributed by atoms with van der Waals surface area (Å²) in [7, 11) is 0. The maximum Gasteiger partial charge on any atom is 0.167 e. The van der Waals surface area contributed by atoms with Crippen LogP contribution in [0.5, 0.6) is 0 Å². The molecule has 0 unspecified atom stereocenters. The Hall–Kier alpha value is -7.37. The fourth-order valence-corrected chi connectivity index (χ4v) is 7.76. The van der Waals surface area contributed by atoms with E-state index in [1.54, 1.807) is 0 Å². The molecule has 0 radical (unpaired) electrons. The van der Waals surface area contributed by atoms with E-state index in [1.165, 1.54) is 16.5 Å². The summed E-state index contributed by atoms with van der Waals surface area (Å²) in [6.45, 7) is 0. The highest BCUT2D eigenvalue weighted by Gasteiger charge is 2.20. The SMILES string of the molecule is c1ccc(-c2ccc(-c3cc4oc5cc(-c6nc(-c7ccccc7)nc(-c7cccc8c7oc7ccccc78)n6)ccc5c4c4ccccc34)cc2)cc1. The van der Waals surface area contributed by atoms with E-state index in [9.17, 15) is 0 Å². The van der Waals surface area contributed by atoms with Crippen molar-refractivity contribution in [2.24, 2.45) is 0 Å². The number of fused-ring (bicyclic) bond motifs is 8. The second-order valence-electron chi connectivity index (χ2n) is 13.6. The minimum Gasteiger partial charge on any atom is -0.456 e. The standard InChI is InChI=1S/C49H29N3O2/c1-3-12-30(13-4-1)31-22-24-32(25-23-31)41-29-44-45(37-18-8-7-16-35(37)41)39-27-26-34(28-43(39)53-44)48-50-47(33-14-5-2-6-15-33)51-49(52-48)40-20-11-19-38-36-17-9-10-21-42(36)54-46(38)40/h1-29H. The largest absolute Gasteiger partial charge is 0.456 e. The molecule has 0 aliphatic carbocycles. The molecule has 0 atom stereocenters. The molecule has 11 rings (SSSR count). The zero-order chi connectivity index (χ0) is 35.6. The van der Waals surface area contributed by atoms with Crippen LogP contribution in [0.4, 0.5) is 0 Å². The van der Waals surface area contributed by atoms with E-state index >= 15 is 0 Å². The molecular weight excluding hydrogens is 663 g/mol. The quantitative estimate of drug-likeness (QED) is 0.180. The molecule has 5 nitrogen and oxygen atoms in total. The highest BCUT2D eigenvalue weighted by atomic mass is 16.3. The molecule has 0 aliphatic rings. The van der Waals surface area contributed by atoms with Crippen LogP contribution in [0.15, 0.2) is 185 Å². The average molecular weight is 692 g/mol. The first-order chi connectivity index (χ1) is 26.7. The van der Waals surface area contributed by atoms with E-state index in [4.69, 9.17) is 23.8 Å². The molecule has 0 saturated heterocycles. The van der Waals surface area contributed by atoms with Crippen molar-refractivity contribution >= 4 is 54.6 Å². The van der Waals surface area contributed by atoms with Gasteiger partial charge in [0.15, 0.2) is 17.5 Å². The van der Waals surface area contributed by atoms with Gasteiger partial charge in [-0.1, -0.05) is 146 Å². The Morgan fingerprint density at radius 1 is 0.296 bits per heavy atom. The molecule has 3 aromatic heterocycles. The van der Waals surface area contributed by atoms with Gasteiger partial charge < -0.3 is 8.83 Å². The zero-order valence-corrected chi connectivity index (χ0v) is 28.9. The lowest BCUT2D eigenvalue weighted by Gasteiger charge is -2.10. The summed E-state index contributed by atoms with van der Waals surface area (Å²) in [4.78, 5) is 15.1. The van der Waals surface area contributed by atoms with Crippen LogP contribution in [0.2, 0.25) is 0 Å². The van der Waals surface area contributed by atoms with Crippen molar-refractivity contribution in [3.05, 3.63) is 176 Å². The van der Waals surface area contributed by atoms with E-state index in [-0.39, 0.29) is 0 Å². The van der Waals surface area contributed by atoms with E-state index in [2.05, 4.69) is 103 Å². The highest BCUT2D eigenvalue weighted by molar-refractivity contribution is 6.22. The van der Waals surface area contributed by atoms with E-state index < -0.39 is 0 Å². The number of para-hydroxylation sites is 2. The van der Waals surface area contributed by atoms with Gasteiger partial charge in [-0.25, -0.2) is 15.0 Å². The Labute approximate surface area is 309 Å². The molecule has 8 aromatic carbocycles. The van der Waals surface area contributed by atoms with E-state index in [0.29, 0.717) is 17.5 Å². The first kappa shape index (κ1) is 30.3. The Bertz CT molecular complexity index is 3200. The number of hydrogen-bond donors (Lipinski definition) is 0. The first-order valence-electron chi connectivity index (χ1n) is 18.0. The van der Waals surface area contributed by atoms with Crippen LogP contribution in [-0.4, -0.2) is 15.0 Å². The van der Waals surface area contributed by atoms with Crippen molar-refractivity contribution in [2.75, 3.05) is 0 Å². The molecule has 0 bridgehead atoms. The van der Waals surface area contributed by atoms with Crippen molar-refractivity contribution in [3.8, 4) is 56.4 Å². The summed E-state index contributed by atoms with van der Waals surface area (Å²) in [5.74, 6) is 1.68. The molecule has 0 fully saturated rings. The number of nitrogens with zero attached hydrogens (tertiary/aromatic N) is 3.